The number of aromatic nitrogens is 1. The van der Waals surface area contributed by atoms with Crippen molar-refractivity contribution in [2.24, 2.45) is 7.05 Å². The van der Waals surface area contributed by atoms with Gasteiger partial charge in [-0.25, -0.2) is 8.42 Å². The molecule has 0 spiro atoms. The summed E-state index contributed by atoms with van der Waals surface area (Å²) >= 11 is 0. The van der Waals surface area contributed by atoms with Crippen LogP contribution in [0.3, 0.4) is 0 Å². The van der Waals surface area contributed by atoms with Crippen molar-refractivity contribution in [3.8, 4) is 0 Å². The van der Waals surface area contributed by atoms with E-state index in [1.807, 2.05) is 43.7 Å². The summed E-state index contributed by atoms with van der Waals surface area (Å²) in [5.74, 6) is 0.135. The maximum atomic E-state index is 13.1. The van der Waals surface area contributed by atoms with Gasteiger partial charge in [0.15, 0.2) is 0 Å². The first-order chi connectivity index (χ1) is 13.8. The fourth-order valence-corrected chi connectivity index (χ4v) is 6.03. The number of rotatable bonds is 5. The smallest absolute Gasteiger partial charge is 0.243 e. The zero-order chi connectivity index (χ0) is 20.8. The van der Waals surface area contributed by atoms with Crippen molar-refractivity contribution in [3.05, 3.63) is 52.3 Å². The summed E-state index contributed by atoms with van der Waals surface area (Å²) in [6, 6.07) is 7.54. The van der Waals surface area contributed by atoms with Crippen molar-refractivity contribution >= 4 is 15.8 Å². The number of carbonyl (C=O) groups excluding carboxylic acids is 1. The number of aryl methyl sites for hydroxylation is 3. The molecule has 1 aliphatic carbocycles. The Kier molecular flexibility index (Phi) is 5.40. The van der Waals surface area contributed by atoms with Crippen molar-refractivity contribution < 1.29 is 18.1 Å². The zero-order valence-electron chi connectivity index (χ0n) is 17.5. The second kappa shape index (κ2) is 7.70. The number of Topliss-reactive ketones (excluding diaryl/α,β-unsaturated/α-hetero) is 1. The van der Waals surface area contributed by atoms with Crippen LogP contribution in [0.25, 0.3) is 0 Å². The number of nitrogens with one attached hydrogen (secondary N) is 1. The van der Waals surface area contributed by atoms with Gasteiger partial charge in [-0.1, -0.05) is 6.07 Å². The average Bonchev–Trinajstić information content (AvgIpc) is 3.28. The Morgan fingerprint density at radius 1 is 1.07 bits per heavy atom. The summed E-state index contributed by atoms with van der Waals surface area (Å²) in [5.41, 5.74) is 5.30. The highest BCUT2D eigenvalue weighted by atomic mass is 32.2. The van der Waals surface area contributed by atoms with Crippen LogP contribution in [-0.4, -0.2) is 55.8 Å². The molecule has 7 heteroatoms. The SMILES string of the molecule is Cc1cc(C(=O)C[NH+]2CCN(S(=O)(=O)c3ccc4c(c3)CCC4)CC2)c(C)n1C. The Morgan fingerprint density at radius 2 is 1.76 bits per heavy atom. The second-order valence-electron chi connectivity index (χ2n) is 8.38. The zero-order valence-corrected chi connectivity index (χ0v) is 18.3. The summed E-state index contributed by atoms with van der Waals surface area (Å²) in [6.07, 6.45) is 3.12. The van der Waals surface area contributed by atoms with Crippen LogP contribution in [0.2, 0.25) is 0 Å². The lowest BCUT2D eigenvalue weighted by atomic mass is 10.1. The quantitative estimate of drug-likeness (QED) is 0.737. The molecule has 0 bridgehead atoms. The van der Waals surface area contributed by atoms with Crippen molar-refractivity contribution in [2.45, 2.75) is 38.0 Å². The van der Waals surface area contributed by atoms with Crippen molar-refractivity contribution in [2.75, 3.05) is 32.7 Å². The molecule has 4 rings (SSSR count). The molecule has 1 saturated heterocycles. The second-order valence-corrected chi connectivity index (χ2v) is 10.3. The number of ketones is 1. The Labute approximate surface area is 173 Å². The van der Waals surface area contributed by atoms with E-state index >= 15 is 0 Å². The van der Waals surface area contributed by atoms with Crippen molar-refractivity contribution in [1.82, 2.24) is 8.87 Å². The molecule has 6 nitrogen and oxygen atoms in total. The fraction of sp³-hybridized carbons (Fsp3) is 0.500. The molecule has 0 amide bonds. The first-order valence-electron chi connectivity index (χ1n) is 10.4. The molecule has 1 aromatic heterocycles. The fourth-order valence-electron chi connectivity index (χ4n) is 4.54. The number of quaternary nitrogens is 1. The van der Waals surface area contributed by atoms with Crippen LogP contribution in [0.4, 0.5) is 0 Å². The van der Waals surface area contributed by atoms with Crippen LogP contribution in [0.1, 0.15) is 39.3 Å². The van der Waals surface area contributed by atoms with Gasteiger partial charge in [-0.15, -0.1) is 0 Å². The number of nitrogens with zero attached hydrogens (tertiary/aromatic N) is 2. The van der Waals surface area contributed by atoms with E-state index in [9.17, 15) is 13.2 Å². The standard InChI is InChI=1S/C22H29N3O3S/c1-16-13-21(17(2)23(16)3)22(26)15-24-9-11-25(12-10-24)29(27,28)20-8-7-18-5-4-6-19(18)14-20/h7-8,13-14H,4-6,9-12,15H2,1-3H3/p+1. The van der Waals surface area contributed by atoms with Crippen LogP contribution in [-0.2, 0) is 29.9 Å². The minimum absolute atomic E-state index is 0.135. The van der Waals surface area contributed by atoms with Crippen LogP contribution in [0, 0.1) is 13.8 Å². The van der Waals surface area contributed by atoms with Crippen LogP contribution in [0.15, 0.2) is 29.2 Å². The molecule has 0 saturated carbocycles. The predicted octanol–water partition coefficient (Wildman–Crippen LogP) is 0.903. The predicted molar refractivity (Wildman–Crippen MR) is 112 cm³/mol. The number of benzene rings is 1. The van der Waals surface area contributed by atoms with Gasteiger partial charge in [-0.3, -0.25) is 4.79 Å². The van der Waals surface area contributed by atoms with Gasteiger partial charge in [-0.2, -0.15) is 4.31 Å². The molecule has 1 fully saturated rings. The monoisotopic (exact) mass is 416 g/mol. The third-order valence-electron chi connectivity index (χ3n) is 6.62. The normalized spacial score (nSPS) is 18.2. The van der Waals surface area contributed by atoms with Gasteiger partial charge < -0.3 is 9.47 Å². The number of hydrogen-bond acceptors (Lipinski definition) is 3. The van der Waals surface area contributed by atoms with E-state index < -0.39 is 10.0 Å². The summed E-state index contributed by atoms with van der Waals surface area (Å²) in [4.78, 5) is 14.3. The number of hydrogen-bond donors (Lipinski definition) is 1. The molecule has 0 atom stereocenters. The van der Waals surface area contributed by atoms with Crippen molar-refractivity contribution in [1.29, 1.82) is 0 Å². The third-order valence-corrected chi connectivity index (χ3v) is 8.52. The van der Waals surface area contributed by atoms with E-state index in [0.717, 1.165) is 41.1 Å². The minimum atomic E-state index is -3.46. The summed E-state index contributed by atoms with van der Waals surface area (Å²) in [6.45, 7) is 6.60. The molecule has 29 heavy (non-hydrogen) atoms. The Morgan fingerprint density at radius 3 is 2.41 bits per heavy atom. The van der Waals surface area contributed by atoms with Crippen molar-refractivity contribution in [3.63, 3.8) is 0 Å². The number of fused-ring (bicyclic) bond motifs is 1. The number of sulfonamides is 1. The first-order valence-corrected chi connectivity index (χ1v) is 11.8. The molecule has 2 heterocycles. The topological polar surface area (TPSA) is 63.8 Å². The van der Waals surface area contributed by atoms with Gasteiger partial charge >= 0.3 is 0 Å². The molecule has 0 unspecified atom stereocenters. The Hall–Kier alpha value is -1.96. The maximum absolute atomic E-state index is 13.1. The highest BCUT2D eigenvalue weighted by molar-refractivity contribution is 7.89. The van der Waals surface area contributed by atoms with Gasteiger partial charge in [-0.05, 0) is 62.4 Å². The van der Waals surface area contributed by atoms with Crippen LogP contribution >= 0.6 is 0 Å². The van der Waals surface area contributed by atoms with Gasteiger partial charge in [0.1, 0.15) is 6.54 Å². The maximum Gasteiger partial charge on any atom is 0.243 e. The lowest BCUT2D eigenvalue weighted by Crippen LogP contribution is -3.15. The Balaban J connectivity index is 1.40. The largest absolute Gasteiger partial charge is 0.351 e. The van der Waals surface area contributed by atoms with E-state index in [1.54, 1.807) is 10.4 Å². The lowest BCUT2D eigenvalue weighted by molar-refractivity contribution is -0.895. The summed E-state index contributed by atoms with van der Waals surface area (Å²) < 4.78 is 29.7. The molecule has 1 aromatic carbocycles. The molecule has 1 aliphatic heterocycles. The molecule has 1 N–H and O–H groups in total. The van der Waals surface area contributed by atoms with E-state index in [-0.39, 0.29) is 5.78 Å². The highest BCUT2D eigenvalue weighted by Gasteiger charge is 2.32. The third kappa shape index (κ3) is 3.79. The van der Waals surface area contributed by atoms with Gasteiger partial charge in [0.05, 0.1) is 31.1 Å². The average molecular weight is 417 g/mol. The Bertz CT molecular complexity index is 1050. The van der Waals surface area contributed by atoms with Gasteiger partial charge in [0.25, 0.3) is 0 Å². The summed E-state index contributed by atoms with van der Waals surface area (Å²) in [7, 11) is -1.50. The van der Waals surface area contributed by atoms with E-state index in [2.05, 4.69) is 0 Å². The molecule has 0 radical (unpaired) electrons. The highest BCUT2D eigenvalue weighted by Crippen LogP contribution is 2.26. The lowest BCUT2D eigenvalue weighted by Gasteiger charge is -2.31. The van der Waals surface area contributed by atoms with E-state index in [0.29, 0.717) is 37.6 Å². The van der Waals surface area contributed by atoms with E-state index in [4.69, 9.17) is 0 Å². The number of piperazine rings is 1. The molecule has 2 aromatic rings. The van der Waals surface area contributed by atoms with Crippen LogP contribution in [0.5, 0.6) is 0 Å². The van der Waals surface area contributed by atoms with E-state index in [1.165, 1.54) is 11.1 Å². The summed E-state index contributed by atoms with van der Waals surface area (Å²) in [5, 5.41) is 0. The molecular weight excluding hydrogens is 386 g/mol. The van der Waals surface area contributed by atoms with Gasteiger partial charge in [0, 0.05) is 24.0 Å². The van der Waals surface area contributed by atoms with Crippen LogP contribution < -0.4 is 4.90 Å². The molecular formula is C22H30N3O3S+. The molecule has 156 valence electrons. The number of carbonyl (C=O) groups is 1. The molecule has 2 aliphatic rings. The minimum Gasteiger partial charge on any atom is -0.351 e. The first kappa shape index (κ1) is 20.3. The van der Waals surface area contributed by atoms with Gasteiger partial charge in [0.2, 0.25) is 15.8 Å².